The molecule has 2 heterocycles. The highest BCUT2D eigenvalue weighted by Gasteiger charge is 2.11. The van der Waals surface area contributed by atoms with Gasteiger partial charge in [0.2, 0.25) is 5.13 Å². The van der Waals surface area contributed by atoms with E-state index in [4.69, 9.17) is 0 Å². The first kappa shape index (κ1) is 14.4. The summed E-state index contributed by atoms with van der Waals surface area (Å²) in [5, 5.41) is 14.6. The zero-order valence-electron chi connectivity index (χ0n) is 11.7. The molecule has 0 aliphatic rings. The molecule has 0 atom stereocenters. The van der Waals surface area contributed by atoms with Gasteiger partial charge in [0, 0.05) is 19.3 Å². The Balaban J connectivity index is 2.03. The van der Waals surface area contributed by atoms with Crippen LogP contribution in [0, 0.1) is 5.92 Å². The summed E-state index contributed by atoms with van der Waals surface area (Å²) in [6.07, 6.45) is 1.89. The van der Waals surface area contributed by atoms with Crippen molar-refractivity contribution in [2.75, 3.05) is 26.0 Å². The number of hydrogen-bond acceptors (Lipinski definition) is 7. The lowest BCUT2D eigenvalue weighted by Crippen LogP contribution is -2.09. The van der Waals surface area contributed by atoms with Gasteiger partial charge in [0.05, 0.1) is 4.88 Å². The van der Waals surface area contributed by atoms with Crippen LogP contribution in [0.2, 0.25) is 0 Å². The third-order valence-electron chi connectivity index (χ3n) is 2.30. The second-order valence-electron chi connectivity index (χ2n) is 5.04. The predicted octanol–water partition coefficient (Wildman–Crippen LogP) is 2.79. The van der Waals surface area contributed by atoms with E-state index in [0.29, 0.717) is 5.92 Å². The van der Waals surface area contributed by atoms with Crippen LogP contribution in [0.3, 0.4) is 0 Å². The van der Waals surface area contributed by atoms with Gasteiger partial charge in [0.1, 0.15) is 5.01 Å². The number of anilines is 1. The molecule has 0 saturated heterocycles. The highest BCUT2D eigenvalue weighted by atomic mass is 32.1. The van der Waals surface area contributed by atoms with E-state index in [1.807, 2.05) is 20.3 Å². The molecule has 1 N–H and O–H groups in total. The molecule has 0 bridgehead atoms. The van der Waals surface area contributed by atoms with Crippen LogP contribution < -0.4 is 5.32 Å². The topological polar surface area (TPSA) is 53.9 Å². The lowest BCUT2D eigenvalue weighted by molar-refractivity contribution is 0.401. The summed E-state index contributed by atoms with van der Waals surface area (Å²) in [4.78, 5) is 7.61. The number of aromatic nitrogens is 3. The average Bonchev–Trinajstić information content (AvgIpc) is 2.93. The summed E-state index contributed by atoms with van der Waals surface area (Å²) in [5.41, 5.74) is 0. The molecule has 0 unspecified atom stereocenters. The van der Waals surface area contributed by atoms with E-state index in [2.05, 4.69) is 39.2 Å². The molecule has 0 spiro atoms. The Morgan fingerprint density at radius 1 is 1.26 bits per heavy atom. The van der Waals surface area contributed by atoms with Gasteiger partial charge in [0.15, 0.2) is 5.01 Å². The van der Waals surface area contributed by atoms with Gasteiger partial charge in [-0.05, 0) is 20.0 Å². The van der Waals surface area contributed by atoms with Crippen molar-refractivity contribution < 1.29 is 0 Å². The molecule has 0 aliphatic carbocycles. The smallest absolute Gasteiger partial charge is 0.206 e. The van der Waals surface area contributed by atoms with Crippen LogP contribution in [0.4, 0.5) is 5.13 Å². The standard InChI is InChI=1S/C12H19N5S2/c1-8(2)5-14-12-16-15-11(19-12)9-6-13-10(18-9)7-17(3)4/h6,8H,5,7H2,1-4H3,(H,14,16). The van der Waals surface area contributed by atoms with E-state index in [9.17, 15) is 0 Å². The van der Waals surface area contributed by atoms with Crippen LogP contribution in [0.25, 0.3) is 9.88 Å². The van der Waals surface area contributed by atoms with Gasteiger partial charge >= 0.3 is 0 Å². The van der Waals surface area contributed by atoms with Crippen molar-refractivity contribution in [2.24, 2.45) is 5.92 Å². The molecule has 2 aromatic rings. The van der Waals surface area contributed by atoms with Crippen molar-refractivity contribution in [1.29, 1.82) is 0 Å². The Morgan fingerprint density at radius 3 is 2.74 bits per heavy atom. The van der Waals surface area contributed by atoms with E-state index in [0.717, 1.165) is 33.1 Å². The molecule has 7 heteroatoms. The van der Waals surface area contributed by atoms with Gasteiger partial charge in [-0.3, -0.25) is 0 Å². The average molecular weight is 297 g/mol. The molecule has 2 aromatic heterocycles. The Morgan fingerprint density at radius 2 is 2.05 bits per heavy atom. The SMILES string of the molecule is CC(C)CNc1nnc(-c2cnc(CN(C)C)s2)s1. The quantitative estimate of drug-likeness (QED) is 0.888. The highest BCUT2D eigenvalue weighted by Crippen LogP contribution is 2.31. The normalized spacial score (nSPS) is 11.5. The maximum atomic E-state index is 4.41. The second-order valence-corrected chi connectivity index (χ2v) is 7.14. The fourth-order valence-electron chi connectivity index (χ4n) is 1.44. The Labute approximate surface area is 121 Å². The number of hydrogen-bond donors (Lipinski definition) is 1. The molecule has 2 rings (SSSR count). The highest BCUT2D eigenvalue weighted by molar-refractivity contribution is 7.23. The fraction of sp³-hybridized carbons (Fsp3) is 0.583. The molecule has 0 fully saturated rings. The van der Waals surface area contributed by atoms with Crippen molar-refractivity contribution >= 4 is 27.8 Å². The zero-order chi connectivity index (χ0) is 13.8. The van der Waals surface area contributed by atoms with Gasteiger partial charge in [-0.1, -0.05) is 25.2 Å². The Hall–Kier alpha value is -1.05. The minimum atomic E-state index is 0.599. The number of thiazole rings is 1. The molecule has 0 aromatic carbocycles. The van der Waals surface area contributed by atoms with Crippen molar-refractivity contribution in [1.82, 2.24) is 20.1 Å². The van der Waals surface area contributed by atoms with Crippen LogP contribution in [0.15, 0.2) is 6.20 Å². The third kappa shape index (κ3) is 4.22. The van der Waals surface area contributed by atoms with E-state index < -0.39 is 0 Å². The lowest BCUT2D eigenvalue weighted by Gasteiger charge is -2.04. The second kappa shape index (κ2) is 6.40. The maximum absolute atomic E-state index is 4.41. The van der Waals surface area contributed by atoms with Crippen LogP contribution >= 0.6 is 22.7 Å². The largest absolute Gasteiger partial charge is 0.360 e. The monoisotopic (exact) mass is 297 g/mol. The molecular weight excluding hydrogens is 278 g/mol. The van der Waals surface area contributed by atoms with E-state index in [1.165, 1.54) is 0 Å². The predicted molar refractivity (Wildman–Crippen MR) is 81.7 cm³/mol. The van der Waals surface area contributed by atoms with Crippen molar-refractivity contribution in [3.8, 4) is 9.88 Å². The maximum Gasteiger partial charge on any atom is 0.206 e. The van der Waals surface area contributed by atoms with Gasteiger partial charge in [0.25, 0.3) is 0 Å². The van der Waals surface area contributed by atoms with Crippen LogP contribution in [0.5, 0.6) is 0 Å². The number of nitrogens with zero attached hydrogens (tertiary/aromatic N) is 4. The van der Waals surface area contributed by atoms with Crippen molar-refractivity contribution in [2.45, 2.75) is 20.4 Å². The van der Waals surface area contributed by atoms with Crippen LogP contribution in [-0.2, 0) is 6.54 Å². The van der Waals surface area contributed by atoms with Gasteiger partial charge in [-0.25, -0.2) is 4.98 Å². The molecule has 0 radical (unpaired) electrons. The zero-order valence-corrected chi connectivity index (χ0v) is 13.3. The minimum Gasteiger partial charge on any atom is -0.360 e. The molecule has 5 nitrogen and oxygen atoms in total. The summed E-state index contributed by atoms with van der Waals surface area (Å²) < 4.78 is 0. The van der Waals surface area contributed by atoms with E-state index in [1.54, 1.807) is 22.7 Å². The van der Waals surface area contributed by atoms with Crippen LogP contribution in [-0.4, -0.2) is 40.7 Å². The van der Waals surface area contributed by atoms with E-state index in [-0.39, 0.29) is 0 Å². The van der Waals surface area contributed by atoms with Crippen molar-refractivity contribution in [3.63, 3.8) is 0 Å². The third-order valence-corrected chi connectivity index (χ3v) is 4.33. The molecule has 0 amide bonds. The summed E-state index contributed by atoms with van der Waals surface area (Å²) in [5.74, 6) is 0.599. The van der Waals surface area contributed by atoms with Gasteiger partial charge in [-0.2, -0.15) is 0 Å². The summed E-state index contributed by atoms with van der Waals surface area (Å²) in [7, 11) is 4.08. The molecular formula is C12H19N5S2. The number of nitrogens with one attached hydrogen (secondary N) is 1. The Kier molecular flexibility index (Phi) is 4.84. The minimum absolute atomic E-state index is 0.599. The summed E-state index contributed by atoms with van der Waals surface area (Å²) >= 11 is 3.26. The van der Waals surface area contributed by atoms with Crippen molar-refractivity contribution in [3.05, 3.63) is 11.2 Å². The van der Waals surface area contributed by atoms with Crippen LogP contribution in [0.1, 0.15) is 18.9 Å². The molecule has 0 saturated carbocycles. The van der Waals surface area contributed by atoms with Gasteiger partial charge in [-0.15, -0.1) is 21.5 Å². The molecule has 0 aliphatic heterocycles. The Bertz CT molecular complexity index is 518. The molecule has 19 heavy (non-hydrogen) atoms. The lowest BCUT2D eigenvalue weighted by atomic mass is 10.2. The summed E-state index contributed by atoms with van der Waals surface area (Å²) in [6, 6.07) is 0. The van der Waals surface area contributed by atoms with E-state index >= 15 is 0 Å². The first-order valence-corrected chi connectivity index (χ1v) is 7.85. The fourth-order valence-corrected chi connectivity index (χ4v) is 3.26. The first-order chi connectivity index (χ1) is 9.04. The molecule has 104 valence electrons. The first-order valence-electron chi connectivity index (χ1n) is 6.21. The van der Waals surface area contributed by atoms with Gasteiger partial charge < -0.3 is 10.2 Å². The number of rotatable bonds is 6. The summed E-state index contributed by atoms with van der Waals surface area (Å²) in [6.45, 7) is 6.13.